The molecule has 0 aromatic rings. The van der Waals surface area contributed by atoms with Gasteiger partial charge in [0.2, 0.25) is 0 Å². The van der Waals surface area contributed by atoms with Gasteiger partial charge in [-0.15, -0.1) is 24.0 Å². The average Bonchev–Trinajstić information content (AvgIpc) is 2.33. The van der Waals surface area contributed by atoms with Crippen LogP contribution in [0.1, 0.15) is 33.1 Å². The van der Waals surface area contributed by atoms with Crippen LogP contribution in [0.3, 0.4) is 0 Å². The fourth-order valence-electron chi connectivity index (χ4n) is 1.76. The van der Waals surface area contributed by atoms with E-state index in [0.717, 1.165) is 44.9 Å². The number of hydrogen-bond acceptors (Lipinski definition) is 4. The van der Waals surface area contributed by atoms with Crippen LogP contribution >= 0.6 is 24.0 Å². The molecule has 1 aliphatic rings. The zero-order valence-electron chi connectivity index (χ0n) is 10.5. The van der Waals surface area contributed by atoms with Gasteiger partial charge in [-0.1, -0.05) is 13.8 Å². The van der Waals surface area contributed by atoms with Crippen LogP contribution in [0, 0.1) is 0 Å². The van der Waals surface area contributed by atoms with Gasteiger partial charge in [0.05, 0.1) is 5.60 Å². The zero-order chi connectivity index (χ0) is 11.1. The maximum absolute atomic E-state index is 5.58. The first-order valence-corrected chi connectivity index (χ1v) is 5.83. The van der Waals surface area contributed by atoms with Crippen molar-refractivity contribution >= 4 is 29.9 Å². The van der Waals surface area contributed by atoms with E-state index in [1.807, 2.05) is 0 Å². The van der Waals surface area contributed by atoms with Crippen molar-refractivity contribution in [2.45, 2.75) is 38.7 Å². The quantitative estimate of drug-likeness (QED) is 0.749. The van der Waals surface area contributed by atoms with Gasteiger partial charge in [-0.3, -0.25) is 4.99 Å². The van der Waals surface area contributed by atoms with Gasteiger partial charge in [0, 0.05) is 26.7 Å². The summed E-state index contributed by atoms with van der Waals surface area (Å²) >= 11 is 0. The number of halogens is 1. The van der Waals surface area contributed by atoms with Crippen molar-refractivity contribution < 1.29 is 4.74 Å². The van der Waals surface area contributed by atoms with Gasteiger partial charge in [0.25, 0.3) is 0 Å². The maximum atomic E-state index is 5.58. The number of rotatable bonds is 5. The number of guanidine groups is 1. The molecule has 2 N–H and O–H groups in total. The predicted octanol–water partition coefficient (Wildman–Crippen LogP) is 1.75. The summed E-state index contributed by atoms with van der Waals surface area (Å²) in [6.45, 7) is 7.08. The molecule has 0 radical (unpaired) electrons. The molecule has 16 heavy (non-hydrogen) atoms. The van der Waals surface area contributed by atoms with E-state index in [2.05, 4.69) is 29.5 Å². The van der Waals surface area contributed by atoms with E-state index >= 15 is 0 Å². The van der Waals surface area contributed by atoms with Crippen LogP contribution in [-0.2, 0) is 4.74 Å². The highest BCUT2D eigenvalue weighted by molar-refractivity contribution is 14.0. The molecule has 96 valence electrons. The molecule has 5 heteroatoms. The average molecular weight is 341 g/mol. The molecular formula is C11H24IN3O. The molecular weight excluding hydrogens is 317 g/mol. The number of ether oxygens (including phenoxy) is 1. The third-order valence-electron chi connectivity index (χ3n) is 3.20. The minimum Gasteiger partial charge on any atom is -0.376 e. The monoisotopic (exact) mass is 341 g/mol. The van der Waals surface area contributed by atoms with E-state index in [1.54, 1.807) is 7.11 Å². The molecule has 0 aromatic heterocycles. The first kappa shape index (κ1) is 16.0. The maximum Gasteiger partial charge on any atom is 0.191 e. The fraction of sp³-hybridized carbons (Fsp3) is 0.909. The van der Waals surface area contributed by atoms with Crippen molar-refractivity contribution in [3.8, 4) is 0 Å². The summed E-state index contributed by atoms with van der Waals surface area (Å²) in [6.07, 6.45) is 3.16. The third kappa shape index (κ3) is 4.45. The molecule has 0 atom stereocenters. The summed E-state index contributed by atoms with van der Waals surface area (Å²) in [6, 6.07) is 0. The summed E-state index contributed by atoms with van der Waals surface area (Å²) in [5.74, 6) is 0.921. The zero-order valence-corrected chi connectivity index (χ0v) is 12.8. The molecule has 0 bridgehead atoms. The highest BCUT2D eigenvalue weighted by Crippen LogP contribution is 2.18. The highest BCUT2D eigenvalue weighted by atomic mass is 127. The van der Waals surface area contributed by atoms with E-state index in [4.69, 9.17) is 4.74 Å². The number of methoxy groups -OCH3 is 1. The second kappa shape index (κ2) is 8.11. The summed E-state index contributed by atoms with van der Waals surface area (Å²) in [5.41, 5.74) is -0.0539. The van der Waals surface area contributed by atoms with Crippen molar-refractivity contribution in [2.75, 3.05) is 26.7 Å². The molecule has 0 saturated carbocycles. The smallest absolute Gasteiger partial charge is 0.191 e. The van der Waals surface area contributed by atoms with Crippen LogP contribution in [0.4, 0.5) is 0 Å². The van der Waals surface area contributed by atoms with Crippen LogP contribution in [-0.4, -0.2) is 38.3 Å². The SMILES string of the molecule is CCC(CC)(CNC1=NCCCN1)OC.I. The van der Waals surface area contributed by atoms with Crippen LogP contribution in [0.15, 0.2) is 4.99 Å². The van der Waals surface area contributed by atoms with Gasteiger partial charge in [-0.05, 0) is 19.3 Å². The van der Waals surface area contributed by atoms with E-state index in [9.17, 15) is 0 Å². The van der Waals surface area contributed by atoms with E-state index < -0.39 is 0 Å². The molecule has 0 fully saturated rings. The topological polar surface area (TPSA) is 45.7 Å². The van der Waals surface area contributed by atoms with Crippen molar-refractivity contribution in [3.63, 3.8) is 0 Å². The lowest BCUT2D eigenvalue weighted by molar-refractivity contribution is -0.0125. The largest absolute Gasteiger partial charge is 0.376 e. The lowest BCUT2D eigenvalue weighted by Gasteiger charge is -2.31. The van der Waals surface area contributed by atoms with E-state index in [-0.39, 0.29) is 29.6 Å². The Morgan fingerprint density at radius 1 is 1.44 bits per heavy atom. The van der Waals surface area contributed by atoms with Gasteiger partial charge >= 0.3 is 0 Å². The Morgan fingerprint density at radius 3 is 2.56 bits per heavy atom. The minimum absolute atomic E-state index is 0. The summed E-state index contributed by atoms with van der Waals surface area (Å²) in [4.78, 5) is 4.37. The van der Waals surface area contributed by atoms with Gasteiger partial charge in [0.15, 0.2) is 5.96 Å². The number of hydrogen-bond donors (Lipinski definition) is 2. The molecule has 0 spiro atoms. The Morgan fingerprint density at radius 2 is 2.12 bits per heavy atom. The second-order valence-electron chi connectivity index (χ2n) is 3.96. The molecule has 1 aliphatic heterocycles. The molecule has 0 unspecified atom stereocenters. The molecule has 0 saturated heterocycles. The summed E-state index contributed by atoms with van der Waals surface area (Å²) in [7, 11) is 1.78. The first-order valence-electron chi connectivity index (χ1n) is 5.83. The lowest BCUT2D eigenvalue weighted by atomic mass is 9.97. The molecule has 0 aromatic carbocycles. The van der Waals surface area contributed by atoms with Crippen LogP contribution in [0.5, 0.6) is 0 Å². The Balaban J connectivity index is 0.00000225. The summed E-state index contributed by atoms with van der Waals surface area (Å²) in [5, 5.41) is 6.58. The molecule has 1 heterocycles. The standard InChI is InChI=1S/C11H23N3O.HI/c1-4-11(5-2,15-3)9-14-10-12-7-6-8-13-10;/h4-9H2,1-3H3,(H2,12,13,14);1H. The predicted molar refractivity (Wildman–Crippen MR) is 78.7 cm³/mol. The second-order valence-corrected chi connectivity index (χ2v) is 3.96. The fourth-order valence-corrected chi connectivity index (χ4v) is 1.76. The third-order valence-corrected chi connectivity index (χ3v) is 3.20. The molecule has 1 rings (SSSR count). The van der Waals surface area contributed by atoms with E-state index in [1.165, 1.54) is 0 Å². The highest BCUT2D eigenvalue weighted by Gasteiger charge is 2.25. The Bertz CT molecular complexity index is 209. The van der Waals surface area contributed by atoms with Crippen molar-refractivity contribution in [2.24, 2.45) is 4.99 Å². The first-order chi connectivity index (χ1) is 7.26. The van der Waals surface area contributed by atoms with Gasteiger partial charge in [-0.25, -0.2) is 0 Å². The molecule has 0 aliphatic carbocycles. The van der Waals surface area contributed by atoms with Crippen molar-refractivity contribution in [3.05, 3.63) is 0 Å². The van der Waals surface area contributed by atoms with E-state index in [0.29, 0.717) is 0 Å². The Hall–Kier alpha value is -0.0400. The summed E-state index contributed by atoms with van der Waals surface area (Å²) < 4.78 is 5.58. The minimum atomic E-state index is -0.0539. The van der Waals surface area contributed by atoms with Crippen LogP contribution in [0.25, 0.3) is 0 Å². The molecule has 0 amide bonds. The van der Waals surface area contributed by atoms with Gasteiger partial charge < -0.3 is 15.4 Å². The van der Waals surface area contributed by atoms with Gasteiger partial charge in [0.1, 0.15) is 0 Å². The normalized spacial score (nSPS) is 15.8. The van der Waals surface area contributed by atoms with Crippen LogP contribution < -0.4 is 10.6 Å². The van der Waals surface area contributed by atoms with Crippen molar-refractivity contribution in [1.29, 1.82) is 0 Å². The number of aliphatic imine (C=N–C) groups is 1. The van der Waals surface area contributed by atoms with Crippen LogP contribution in [0.2, 0.25) is 0 Å². The Kier molecular flexibility index (Phi) is 8.09. The lowest BCUT2D eigenvalue weighted by Crippen LogP contribution is -2.49. The van der Waals surface area contributed by atoms with Gasteiger partial charge in [-0.2, -0.15) is 0 Å². The number of nitrogens with zero attached hydrogens (tertiary/aromatic N) is 1. The van der Waals surface area contributed by atoms with Crippen molar-refractivity contribution in [1.82, 2.24) is 10.6 Å². The number of nitrogens with one attached hydrogen (secondary N) is 2. The Labute approximate surface area is 116 Å². The molecule has 4 nitrogen and oxygen atoms in total.